The van der Waals surface area contributed by atoms with Crippen LogP contribution >= 0.6 is 11.6 Å². The number of rotatable bonds is 6. The second kappa shape index (κ2) is 11.0. The third-order valence-electron chi connectivity index (χ3n) is 7.25. The molecule has 0 saturated carbocycles. The van der Waals surface area contributed by atoms with Gasteiger partial charge in [-0.05, 0) is 46.5 Å². The molecule has 0 aliphatic carbocycles. The van der Waals surface area contributed by atoms with E-state index in [1.54, 1.807) is 15.9 Å². The maximum Gasteiger partial charge on any atom is 0.240 e. The van der Waals surface area contributed by atoms with E-state index in [9.17, 15) is 14.0 Å². The van der Waals surface area contributed by atoms with Crippen LogP contribution in [-0.4, -0.2) is 58.7 Å². The highest BCUT2D eigenvalue weighted by atomic mass is 35.5. The molecule has 37 heavy (non-hydrogen) atoms. The fraction of sp³-hybridized carbons (Fsp3) is 0.310. The Kier molecular flexibility index (Phi) is 7.55. The first-order chi connectivity index (χ1) is 17.9. The predicted molar refractivity (Wildman–Crippen MR) is 141 cm³/mol. The lowest BCUT2D eigenvalue weighted by molar-refractivity contribution is -0.139. The van der Waals surface area contributed by atoms with Crippen LogP contribution in [0.3, 0.4) is 0 Å². The van der Waals surface area contributed by atoms with E-state index >= 15 is 0 Å². The van der Waals surface area contributed by atoms with E-state index in [0.717, 1.165) is 16.7 Å². The number of benzene rings is 3. The van der Waals surface area contributed by atoms with Gasteiger partial charge in [-0.1, -0.05) is 60.1 Å². The Morgan fingerprint density at radius 3 is 2.19 bits per heavy atom. The Bertz CT molecular complexity index is 1260. The summed E-state index contributed by atoms with van der Waals surface area (Å²) in [5.74, 6) is -0.723. The third kappa shape index (κ3) is 5.69. The molecule has 2 aliphatic heterocycles. The summed E-state index contributed by atoms with van der Waals surface area (Å²) in [5.41, 5.74) is 10.2. The average Bonchev–Trinajstić information content (AvgIpc) is 3.33. The lowest BCUT2D eigenvalue weighted by Crippen LogP contribution is -2.52. The lowest BCUT2D eigenvalue weighted by atomic mass is 9.96. The Morgan fingerprint density at radius 2 is 1.49 bits per heavy atom. The molecule has 0 spiro atoms. The van der Waals surface area contributed by atoms with Crippen molar-refractivity contribution in [3.63, 3.8) is 0 Å². The summed E-state index contributed by atoms with van der Waals surface area (Å²) in [4.78, 5) is 31.7. The van der Waals surface area contributed by atoms with Crippen LogP contribution in [0.1, 0.15) is 34.7 Å². The zero-order valence-corrected chi connectivity index (χ0v) is 21.3. The summed E-state index contributed by atoms with van der Waals surface area (Å²) >= 11 is 6.13. The normalized spacial score (nSPS) is 17.4. The molecule has 5 rings (SSSR count). The Hall–Kier alpha value is -3.26. The van der Waals surface area contributed by atoms with Gasteiger partial charge in [0.15, 0.2) is 0 Å². The molecule has 192 valence electrons. The molecular weight excluding hydrogens is 491 g/mol. The van der Waals surface area contributed by atoms with Gasteiger partial charge in [-0.3, -0.25) is 14.5 Å². The molecule has 3 aromatic rings. The largest absolute Gasteiger partial charge is 0.340 e. The first-order valence-corrected chi connectivity index (χ1v) is 12.9. The highest BCUT2D eigenvalue weighted by Gasteiger charge is 2.32. The number of hydrogen-bond donors (Lipinski definition) is 1. The summed E-state index contributed by atoms with van der Waals surface area (Å²) in [6.45, 7) is 3.23. The van der Waals surface area contributed by atoms with E-state index in [0.29, 0.717) is 44.3 Å². The number of carbonyl (C=O) groups excluding carboxylic acids is 2. The second-order valence-electron chi connectivity index (χ2n) is 9.70. The van der Waals surface area contributed by atoms with Gasteiger partial charge in [-0.2, -0.15) is 0 Å². The zero-order valence-electron chi connectivity index (χ0n) is 20.5. The topological polar surface area (TPSA) is 69.9 Å². The van der Waals surface area contributed by atoms with Crippen LogP contribution in [0.4, 0.5) is 4.39 Å². The smallest absolute Gasteiger partial charge is 0.240 e. The molecule has 1 saturated heterocycles. The Balaban J connectivity index is 1.19. The van der Waals surface area contributed by atoms with E-state index in [1.165, 1.54) is 17.7 Å². The molecule has 2 atom stereocenters. The number of carbonyl (C=O) groups is 2. The molecule has 2 N–H and O–H groups in total. The molecule has 6 nitrogen and oxygen atoms in total. The quantitative estimate of drug-likeness (QED) is 0.534. The van der Waals surface area contributed by atoms with E-state index in [2.05, 4.69) is 17.0 Å². The van der Waals surface area contributed by atoms with Gasteiger partial charge < -0.3 is 15.5 Å². The molecule has 2 aliphatic rings. The summed E-state index contributed by atoms with van der Waals surface area (Å²) < 4.78 is 13.5. The van der Waals surface area contributed by atoms with Gasteiger partial charge >= 0.3 is 0 Å². The van der Waals surface area contributed by atoms with Crippen molar-refractivity contribution in [3.8, 4) is 0 Å². The minimum absolute atomic E-state index is 0.0423. The minimum atomic E-state index is -0.921. The molecule has 8 heteroatoms. The fourth-order valence-electron chi connectivity index (χ4n) is 5.28. The Morgan fingerprint density at radius 1 is 0.838 bits per heavy atom. The molecule has 3 aromatic carbocycles. The van der Waals surface area contributed by atoms with E-state index in [4.69, 9.17) is 17.3 Å². The maximum absolute atomic E-state index is 13.5. The molecule has 0 radical (unpaired) electrons. The number of amides is 2. The average molecular weight is 521 g/mol. The van der Waals surface area contributed by atoms with Gasteiger partial charge in [0.25, 0.3) is 0 Å². The predicted octanol–water partition coefficient (Wildman–Crippen LogP) is 3.97. The maximum atomic E-state index is 13.5. The number of piperazine rings is 1. The third-order valence-corrected chi connectivity index (χ3v) is 7.50. The van der Waals surface area contributed by atoms with Gasteiger partial charge in [-0.15, -0.1) is 0 Å². The van der Waals surface area contributed by atoms with Crippen LogP contribution in [0.15, 0.2) is 72.8 Å². The minimum Gasteiger partial charge on any atom is -0.340 e. The van der Waals surface area contributed by atoms with Gasteiger partial charge in [0.2, 0.25) is 11.8 Å². The summed E-state index contributed by atoms with van der Waals surface area (Å²) in [6.07, 6.45) is -0.0423. The van der Waals surface area contributed by atoms with Crippen molar-refractivity contribution in [2.24, 2.45) is 5.73 Å². The number of nitrogens with two attached hydrogens (primary N) is 1. The molecule has 0 aromatic heterocycles. The molecular formula is C29H30ClFN4O2. The summed E-state index contributed by atoms with van der Waals surface area (Å²) in [7, 11) is 0. The van der Waals surface area contributed by atoms with E-state index in [-0.39, 0.29) is 30.1 Å². The van der Waals surface area contributed by atoms with E-state index in [1.807, 2.05) is 42.5 Å². The number of fused-ring (bicyclic) bond motifs is 1. The van der Waals surface area contributed by atoms with Crippen molar-refractivity contribution in [2.45, 2.75) is 31.6 Å². The van der Waals surface area contributed by atoms with Crippen molar-refractivity contribution in [1.82, 2.24) is 14.7 Å². The van der Waals surface area contributed by atoms with Gasteiger partial charge in [-0.25, -0.2) is 4.39 Å². The first-order valence-electron chi connectivity index (χ1n) is 12.5. The monoisotopic (exact) mass is 520 g/mol. The van der Waals surface area contributed by atoms with Crippen molar-refractivity contribution in [2.75, 3.05) is 26.2 Å². The summed E-state index contributed by atoms with van der Waals surface area (Å²) in [6, 6.07) is 21.9. The van der Waals surface area contributed by atoms with Crippen molar-refractivity contribution < 1.29 is 14.0 Å². The standard InChI is InChI=1S/C29H30ClFN4O2/c30-24-9-6-21(7-10-24)28(20-4-2-1-3-5-20)34-14-12-33(13-15-34)27(36)17-26(32)29(37)35-18-22-8-11-25(31)16-23(22)19-35/h1-11,16,26,28H,12-15,17-19,32H2. The van der Waals surface area contributed by atoms with Crippen LogP contribution in [0.5, 0.6) is 0 Å². The van der Waals surface area contributed by atoms with Crippen LogP contribution in [0.25, 0.3) is 0 Å². The van der Waals surface area contributed by atoms with Crippen molar-refractivity contribution in [3.05, 3.63) is 106 Å². The number of nitrogens with zero attached hydrogens (tertiary/aromatic N) is 3. The SMILES string of the molecule is NC(CC(=O)N1CCN(C(c2ccccc2)c2ccc(Cl)cc2)CC1)C(=O)N1Cc2ccc(F)cc2C1. The van der Waals surface area contributed by atoms with Gasteiger partial charge in [0, 0.05) is 44.3 Å². The molecule has 2 amide bonds. The molecule has 2 unspecified atom stereocenters. The first kappa shape index (κ1) is 25.4. The highest BCUT2D eigenvalue weighted by molar-refractivity contribution is 6.30. The Labute approximate surface area is 221 Å². The summed E-state index contributed by atoms with van der Waals surface area (Å²) in [5, 5.41) is 0.696. The number of halogens is 2. The number of hydrogen-bond acceptors (Lipinski definition) is 4. The van der Waals surface area contributed by atoms with Crippen molar-refractivity contribution in [1.29, 1.82) is 0 Å². The van der Waals surface area contributed by atoms with Crippen LogP contribution in [0.2, 0.25) is 5.02 Å². The zero-order chi connectivity index (χ0) is 25.9. The van der Waals surface area contributed by atoms with Crippen LogP contribution < -0.4 is 5.73 Å². The lowest BCUT2D eigenvalue weighted by Gasteiger charge is -2.40. The van der Waals surface area contributed by atoms with Gasteiger partial charge in [0.05, 0.1) is 18.5 Å². The molecule has 1 fully saturated rings. The van der Waals surface area contributed by atoms with Crippen molar-refractivity contribution >= 4 is 23.4 Å². The van der Waals surface area contributed by atoms with Crippen LogP contribution in [-0.2, 0) is 22.7 Å². The fourth-order valence-corrected chi connectivity index (χ4v) is 5.41. The molecule has 0 bridgehead atoms. The second-order valence-corrected chi connectivity index (χ2v) is 10.1. The van der Waals surface area contributed by atoms with Gasteiger partial charge in [0.1, 0.15) is 5.82 Å². The molecule has 2 heterocycles. The van der Waals surface area contributed by atoms with E-state index < -0.39 is 6.04 Å². The highest BCUT2D eigenvalue weighted by Crippen LogP contribution is 2.30. The van der Waals surface area contributed by atoms with Crippen LogP contribution in [0, 0.1) is 5.82 Å².